The Morgan fingerprint density at radius 2 is 1.89 bits per heavy atom. The molecule has 0 unspecified atom stereocenters. The van der Waals surface area contributed by atoms with Crippen LogP contribution in [-0.2, 0) is 14.6 Å². The normalized spacial score (nSPS) is 13.4. The molecule has 0 saturated carbocycles. The Kier molecular flexibility index (Phi) is 5.89. The van der Waals surface area contributed by atoms with Gasteiger partial charge < -0.3 is 19.5 Å². The topological polar surface area (TPSA) is 90.9 Å². The van der Waals surface area contributed by atoms with Crippen LogP contribution in [0.4, 0.5) is 5.69 Å². The third-order valence-corrected chi connectivity index (χ3v) is 5.89. The molecule has 2 aromatic rings. The summed E-state index contributed by atoms with van der Waals surface area (Å²) in [6, 6.07) is 9.59. The van der Waals surface area contributed by atoms with Crippen LogP contribution in [0, 0.1) is 0 Å². The first kappa shape index (κ1) is 19.8. The van der Waals surface area contributed by atoms with Crippen LogP contribution in [0.2, 0.25) is 0 Å². The van der Waals surface area contributed by atoms with Crippen LogP contribution >= 0.6 is 0 Å². The molecule has 0 aliphatic carbocycles. The molecule has 0 saturated heterocycles. The van der Waals surface area contributed by atoms with E-state index in [1.807, 2.05) is 0 Å². The fraction of sp³-hybridized carbons (Fsp3) is 0.250. The fourth-order valence-corrected chi connectivity index (χ4v) is 3.54. The van der Waals surface area contributed by atoms with Crippen LogP contribution in [0.25, 0.3) is 6.08 Å². The van der Waals surface area contributed by atoms with Gasteiger partial charge in [-0.3, -0.25) is 4.79 Å². The third-order valence-electron chi connectivity index (χ3n) is 4.14. The number of sulfone groups is 1. The number of fused-ring (bicyclic) bond motifs is 1. The molecule has 3 rings (SSSR count). The maximum Gasteiger partial charge on any atom is 0.248 e. The third kappa shape index (κ3) is 4.45. The molecule has 1 aliphatic rings. The number of methoxy groups -OCH3 is 1. The zero-order valence-electron chi connectivity index (χ0n) is 15.6. The average molecular weight is 403 g/mol. The highest BCUT2D eigenvalue weighted by atomic mass is 32.2. The number of ether oxygens (including phenoxy) is 3. The monoisotopic (exact) mass is 403 g/mol. The zero-order valence-corrected chi connectivity index (χ0v) is 16.4. The molecule has 148 valence electrons. The fourth-order valence-electron chi connectivity index (χ4n) is 2.66. The van der Waals surface area contributed by atoms with Crippen molar-refractivity contribution >= 4 is 27.5 Å². The first-order valence-electron chi connectivity index (χ1n) is 8.72. The molecule has 0 radical (unpaired) electrons. The minimum absolute atomic E-state index is 0.0282. The predicted octanol–water partition coefficient (Wildman–Crippen LogP) is 2.91. The quantitative estimate of drug-likeness (QED) is 0.746. The predicted molar refractivity (Wildman–Crippen MR) is 106 cm³/mol. The molecular formula is C20H21NO6S. The lowest BCUT2D eigenvalue weighted by Crippen LogP contribution is -2.16. The van der Waals surface area contributed by atoms with Gasteiger partial charge >= 0.3 is 0 Å². The molecule has 0 bridgehead atoms. The summed E-state index contributed by atoms with van der Waals surface area (Å²) in [5, 5.41) is 2.69. The van der Waals surface area contributed by atoms with Crippen LogP contribution in [-0.4, -0.2) is 40.4 Å². The number of carbonyl (C=O) groups excluding carboxylic acids is 1. The number of rotatable bonds is 6. The van der Waals surface area contributed by atoms with Gasteiger partial charge in [0.05, 0.1) is 17.8 Å². The maximum atomic E-state index is 12.2. The highest BCUT2D eigenvalue weighted by Crippen LogP contribution is 2.40. The molecule has 1 N–H and O–H groups in total. The Balaban J connectivity index is 1.70. The van der Waals surface area contributed by atoms with Crippen LogP contribution in [0.1, 0.15) is 12.5 Å². The molecule has 0 fully saturated rings. The second kappa shape index (κ2) is 8.35. The Bertz CT molecular complexity index is 979. The molecule has 1 heterocycles. The molecule has 1 aliphatic heterocycles. The summed E-state index contributed by atoms with van der Waals surface area (Å²) in [7, 11) is -1.73. The zero-order chi connectivity index (χ0) is 20.1. The van der Waals surface area contributed by atoms with Crippen molar-refractivity contribution in [3.8, 4) is 17.2 Å². The summed E-state index contributed by atoms with van der Waals surface area (Å²) in [4.78, 5) is 12.4. The van der Waals surface area contributed by atoms with E-state index in [1.165, 1.54) is 25.3 Å². The average Bonchev–Trinajstić information content (AvgIpc) is 2.72. The lowest BCUT2D eigenvalue weighted by Gasteiger charge is -2.20. The number of amides is 1. The molecular weight excluding hydrogens is 382 g/mol. The Morgan fingerprint density at radius 1 is 1.18 bits per heavy atom. The summed E-state index contributed by atoms with van der Waals surface area (Å²) < 4.78 is 40.1. The molecule has 0 atom stereocenters. The van der Waals surface area contributed by atoms with Gasteiger partial charge in [0.2, 0.25) is 11.7 Å². The molecule has 0 spiro atoms. The van der Waals surface area contributed by atoms with Crippen molar-refractivity contribution < 1.29 is 27.4 Å². The first-order valence-corrected chi connectivity index (χ1v) is 10.4. The van der Waals surface area contributed by atoms with Crippen molar-refractivity contribution in [2.45, 2.75) is 11.8 Å². The van der Waals surface area contributed by atoms with Gasteiger partial charge in [0.1, 0.15) is 13.2 Å². The number of anilines is 1. The number of hydrogen-bond acceptors (Lipinski definition) is 6. The van der Waals surface area contributed by atoms with Crippen LogP contribution in [0.3, 0.4) is 0 Å². The van der Waals surface area contributed by atoms with Gasteiger partial charge in [-0.25, -0.2) is 8.42 Å². The van der Waals surface area contributed by atoms with E-state index < -0.39 is 9.84 Å². The SMILES string of the molecule is CCS(=O)(=O)c1ccc(NC(=O)/C=C/c2cc(OC)c3c(c2)OCCO3)cc1. The van der Waals surface area contributed by atoms with Crippen molar-refractivity contribution in [2.75, 3.05) is 31.4 Å². The van der Waals surface area contributed by atoms with Gasteiger partial charge in [0.25, 0.3) is 0 Å². The van der Waals surface area contributed by atoms with Crippen LogP contribution < -0.4 is 19.5 Å². The lowest BCUT2D eigenvalue weighted by atomic mass is 10.1. The van der Waals surface area contributed by atoms with Crippen LogP contribution in [0.15, 0.2) is 47.4 Å². The second-order valence-corrected chi connectivity index (χ2v) is 8.28. The van der Waals surface area contributed by atoms with Crippen molar-refractivity contribution in [1.29, 1.82) is 0 Å². The van der Waals surface area contributed by atoms with E-state index in [-0.39, 0.29) is 16.6 Å². The van der Waals surface area contributed by atoms with Gasteiger partial charge in [-0.05, 0) is 48.0 Å². The van der Waals surface area contributed by atoms with E-state index in [1.54, 1.807) is 37.3 Å². The van der Waals surface area contributed by atoms with Crippen molar-refractivity contribution in [3.05, 3.63) is 48.0 Å². The Hall–Kier alpha value is -3.00. The van der Waals surface area contributed by atoms with E-state index in [9.17, 15) is 13.2 Å². The molecule has 8 heteroatoms. The van der Waals surface area contributed by atoms with Gasteiger partial charge in [0, 0.05) is 11.8 Å². The van der Waals surface area contributed by atoms with E-state index in [4.69, 9.17) is 14.2 Å². The van der Waals surface area contributed by atoms with Gasteiger partial charge in [-0.1, -0.05) is 6.92 Å². The van der Waals surface area contributed by atoms with Gasteiger partial charge in [-0.2, -0.15) is 0 Å². The molecule has 28 heavy (non-hydrogen) atoms. The van der Waals surface area contributed by atoms with E-state index in [0.29, 0.717) is 36.1 Å². The molecule has 7 nitrogen and oxygen atoms in total. The summed E-state index contributed by atoms with van der Waals surface area (Å²) in [5.41, 5.74) is 1.23. The Labute approximate surface area is 163 Å². The van der Waals surface area contributed by atoms with Crippen LogP contribution in [0.5, 0.6) is 17.2 Å². The minimum atomic E-state index is -3.26. The summed E-state index contributed by atoms with van der Waals surface area (Å²) in [6.07, 6.45) is 3.01. The van der Waals surface area contributed by atoms with Crippen molar-refractivity contribution in [3.63, 3.8) is 0 Å². The largest absolute Gasteiger partial charge is 0.493 e. The van der Waals surface area contributed by atoms with Crippen molar-refractivity contribution in [2.24, 2.45) is 0 Å². The van der Waals surface area contributed by atoms with Gasteiger partial charge in [0.15, 0.2) is 21.3 Å². The standard InChI is InChI=1S/C20H21NO6S/c1-3-28(23,24)16-7-5-15(6-8-16)21-19(22)9-4-14-12-17(25-2)20-18(13-14)26-10-11-27-20/h4-9,12-13H,3,10-11H2,1-2H3,(H,21,22)/b9-4+. The van der Waals surface area contributed by atoms with E-state index >= 15 is 0 Å². The first-order chi connectivity index (χ1) is 13.4. The highest BCUT2D eigenvalue weighted by Gasteiger charge is 2.18. The maximum absolute atomic E-state index is 12.2. The van der Waals surface area contributed by atoms with E-state index in [0.717, 1.165) is 5.56 Å². The summed E-state index contributed by atoms with van der Waals surface area (Å²) in [6.45, 7) is 2.50. The highest BCUT2D eigenvalue weighted by molar-refractivity contribution is 7.91. The lowest BCUT2D eigenvalue weighted by molar-refractivity contribution is -0.111. The summed E-state index contributed by atoms with van der Waals surface area (Å²) >= 11 is 0. The molecule has 0 aromatic heterocycles. The smallest absolute Gasteiger partial charge is 0.248 e. The summed E-state index contributed by atoms with van der Waals surface area (Å²) in [5.74, 6) is 1.33. The number of carbonyl (C=O) groups is 1. The molecule has 1 amide bonds. The van der Waals surface area contributed by atoms with Crippen molar-refractivity contribution in [1.82, 2.24) is 0 Å². The van der Waals surface area contributed by atoms with Gasteiger partial charge in [-0.15, -0.1) is 0 Å². The number of nitrogens with one attached hydrogen (secondary N) is 1. The number of hydrogen-bond donors (Lipinski definition) is 1. The minimum Gasteiger partial charge on any atom is -0.493 e. The number of benzene rings is 2. The molecule has 2 aromatic carbocycles. The van der Waals surface area contributed by atoms with E-state index in [2.05, 4.69) is 5.32 Å². The second-order valence-electron chi connectivity index (χ2n) is 6.00. The Morgan fingerprint density at radius 3 is 2.57 bits per heavy atom.